The van der Waals surface area contributed by atoms with Crippen molar-refractivity contribution in [2.75, 3.05) is 12.4 Å². The highest BCUT2D eigenvalue weighted by molar-refractivity contribution is 6.34. The minimum Gasteiger partial charge on any atom is -0.495 e. The van der Waals surface area contributed by atoms with Crippen molar-refractivity contribution in [3.63, 3.8) is 0 Å². The molecular formula is C26H26ClN5O3. The molecule has 0 spiro atoms. The predicted molar refractivity (Wildman–Crippen MR) is 136 cm³/mol. The van der Waals surface area contributed by atoms with E-state index in [0.717, 1.165) is 22.2 Å². The van der Waals surface area contributed by atoms with Crippen molar-refractivity contribution in [2.24, 2.45) is 5.41 Å². The Balaban J connectivity index is 1.58. The molecule has 0 fully saturated rings. The average molecular weight is 492 g/mol. The third-order valence-electron chi connectivity index (χ3n) is 5.45. The molecule has 9 heteroatoms. The van der Waals surface area contributed by atoms with Crippen LogP contribution < -0.4 is 15.4 Å². The predicted octanol–water partition coefficient (Wildman–Crippen LogP) is 5.00. The lowest BCUT2D eigenvalue weighted by Crippen LogP contribution is -2.34. The van der Waals surface area contributed by atoms with Gasteiger partial charge in [-0.25, -0.2) is 4.68 Å². The summed E-state index contributed by atoms with van der Waals surface area (Å²) in [6, 6.07) is 12.5. The second-order valence-corrected chi connectivity index (χ2v) is 9.49. The number of halogens is 1. The second kappa shape index (κ2) is 9.76. The number of rotatable bonds is 6. The van der Waals surface area contributed by atoms with Crippen LogP contribution >= 0.6 is 11.6 Å². The molecule has 35 heavy (non-hydrogen) atoms. The number of hydrogen-bond acceptors (Lipinski definition) is 5. The van der Waals surface area contributed by atoms with Crippen molar-refractivity contribution in [3.05, 3.63) is 77.2 Å². The number of amides is 2. The molecule has 0 bridgehead atoms. The van der Waals surface area contributed by atoms with Gasteiger partial charge in [0.05, 0.1) is 53.2 Å². The van der Waals surface area contributed by atoms with Crippen LogP contribution in [0.3, 0.4) is 0 Å². The number of anilines is 1. The number of carbonyl (C=O) groups is 2. The maximum Gasteiger partial charge on any atom is 0.257 e. The number of ether oxygens (including phenoxy) is 1. The van der Waals surface area contributed by atoms with Crippen LogP contribution in [0.4, 0.5) is 5.69 Å². The van der Waals surface area contributed by atoms with E-state index < -0.39 is 5.41 Å². The first-order chi connectivity index (χ1) is 16.7. The van der Waals surface area contributed by atoms with Crippen molar-refractivity contribution in [1.29, 1.82) is 0 Å². The summed E-state index contributed by atoms with van der Waals surface area (Å²) >= 11 is 6.34. The van der Waals surface area contributed by atoms with E-state index in [-0.39, 0.29) is 11.8 Å². The summed E-state index contributed by atoms with van der Waals surface area (Å²) in [5, 5.41) is 11.4. The average Bonchev–Trinajstić information content (AvgIpc) is 3.28. The molecule has 0 aliphatic rings. The lowest BCUT2D eigenvalue weighted by atomic mass is 9.95. The van der Waals surface area contributed by atoms with Crippen LogP contribution in [-0.4, -0.2) is 33.7 Å². The number of hydrogen-bond donors (Lipinski definition) is 2. The van der Waals surface area contributed by atoms with E-state index in [1.165, 1.54) is 0 Å². The van der Waals surface area contributed by atoms with Gasteiger partial charge < -0.3 is 15.4 Å². The molecule has 0 radical (unpaired) electrons. The normalized spacial score (nSPS) is 11.3. The van der Waals surface area contributed by atoms with Crippen molar-refractivity contribution in [3.8, 4) is 11.4 Å². The summed E-state index contributed by atoms with van der Waals surface area (Å²) in [6.07, 6.45) is 4.99. The standard InChI is InChI=1S/C26H26ClN5O3/c1-26(2,3)25(34)29-12-16-8-9-21(27)19(10-16)24(33)31-22-6-5-7-23-20(22)15-30-32(23)17-11-18(35-4)14-28-13-17/h5-11,13-15H,12H2,1-4H3,(H,29,34)(H,31,33). The van der Waals surface area contributed by atoms with Crippen LogP contribution in [0.5, 0.6) is 5.75 Å². The molecule has 2 amide bonds. The molecular weight excluding hydrogens is 466 g/mol. The Morgan fingerprint density at radius 2 is 1.89 bits per heavy atom. The summed E-state index contributed by atoms with van der Waals surface area (Å²) in [6.45, 7) is 5.83. The molecule has 0 saturated heterocycles. The Morgan fingerprint density at radius 3 is 2.63 bits per heavy atom. The lowest BCUT2D eigenvalue weighted by molar-refractivity contribution is -0.128. The van der Waals surface area contributed by atoms with Gasteiger partial charge in [-0.05, 0) is 29.8 Å². The number of nitrogens with one attached hydrogen (secondary N) is 2. The Morgan fingerprint density at radius 1 is 1.09 bits per heavy atom. The molecule has 0 aliphatic heterocycles. The van der Waals surface area contributed by atoms with E-state index in [1.807, 2.05) is 39.0 Å². The molecule has 2 N–H and O–H groups in total. The van der Waals surface area contributed by atoms with Gasteiger partial charge in [-0.1, -0.05) is 44.5 Å². The smallest absolute Gasteiger partial charge is 0.257 e. The van der Waals surface area contributed by atoms with Gasteiger partial charge in [0, 0.05) is 23.4 Å². The molecule has 0 saturated carbocycles. The number of fused-ring (bicyclic) bond motifs is 1. The van der Waals surface area contributed by atoms with Gasteiger partial charge in [-0.3, -0.25) is 14.6 Å². The molecule has 8 nitrogen and oxygen atoms in total. The maximum absolute atomic E-state index is 13.2. The number of nitrogens with zero attached hydrogens (tertiary/aromatic N) is 3. The Hall–Kier alpha value is -3.91. The molecule has 0 aliphatic carbocycles. The quantitative estimate of drug-likeness (QED) is 0.395. The van der Waals surface area contributed by atoms with Crippen LogP contribution in [0, 0.1) is 5.41 Å². The van der Waals surface area contributed by atoms with E-state index in [0.29, 0.717) is 28.6 Å². The van der Waals surface area contributed by atoms with Gasteiger partial charge in [0.15, 0.2) is 0 Å². The van der Waals surface area contributed by atoms with E-state index >= 15 is 0 Å². The molecule has 0 unspecified atom stereocenters. The highest BCUT2D eigenvalue weighted by Gasteiger charge is 2.21. The third kappa shape index (κ3) is 5.27. The molecule has 180 valence electrons. The van der Waals surface area contributed by atoms with E-state index in [2.05, 4.69) is 20.7 Å². The van der Waals surface area contributed by atoms with E-state index in [4.69, 9.17) is 16.3 Å². The Labute approximate surface area is 208 Å². The van der Waals surface area contributed by atoms with Gasteiger partial charge in [0.2, 0.25) is 5.91 Å². The highest BCUT2D eigenvalue weighted by Crippen LogP contribution is 2.28. The Kier molecular flexibility index (Phi) is 6.75. The fourth-order valence-corrected chi connectivity index (χ4v) is 3.70. The third-order valence-corrected chi connectivity index (χ3v) is 5.78. The Bertz CT molecular complexity index is 1410. The van der Waals surface area contributed by atoms with Crippen LogP contribution in [0.15, 0.2) is 61.1 Å². The number of pyridine rings is 1. The van der Waals surface area contributed by atoms with Crippen LogP contribution in [0.1, 0.15) is 36.7 Å². The number of benzene rings is 2. The van der Waals surface area contributed by atoms with Gasteiger partial charge in [0.25, 0.3) is 5.91 Å². The molecule has 4 rings (SSSR count). The van der Waals surface area contributed by atoms with E-state index in [9.17, 15) is 9.59 Å². The van der Waals surface area contributed by atoms with Gasteiger partial charge in [-0.15, -0.1) is 0 Å². The van der Waals surface area contributed by atoms with Crippen molar-refractivity contribution >= 4 is 40.0 Å². The molecule has 0 atom stereocenters. The maximum atomic E-state index is 13.2. The molecule has 2 heterocycles. The number of methoxy groups -OCH3 is 1. The monoisotopic (exact) mass is 491 g/mol. The zero-order valence-electron chi connectivity index (χ0n) is 19.9. The first-order valence-corrected chi connectivity index (χ1v) is 11.4. The topological polar surface area (TPSA) is 98.1 Å². The fourth-order valence-electron chi connectivity index (χ4n) is 3.49. The van der Waals surface area contributed by atoms with Crippen LogP contribution in [0.2, 0.25) is 5.02 Å². The minimum absolute atomic E-state index is 0.0756. The van der Waals surface area contributed by atoms with Gasteiger partial charge >= 0.3 is 0 Å². The minimum atomic E-state index is -0.503. The van der Waals surface area contributed by atoms with Gasteiger partial charge in [-0.2, -0.15) is 5.10 Å². The molecule has 2 aromatic carbocycles. The zero-order chi connectivity index (χ0) is 25.2. The van der Waals surface area contributed by atoms with Crippen LogP contribution in [0.25, 0.3) is 16.6 Å². The highest BCUT2D eigenvalue weighted by atomic mass is 35.5. The molecule has 2 aromatic heterocycles. The van der Waals surface area contributed by atoms with Crippen molar-refractivity contribution < 1.29 is 14.3 Å². The number of aromatic nitrogens is 3. The SMILES string of the molecule is COc1cncc(-n2ncc3c(NC(=O)c4cc(CNC(=O)C(C)(C)C)ccc4Cl)cccc32)c1. The summed E-state index contributed by atoms with van der Waals surface area (Å²) in [5.74, 6) is 0.180. The van der Waals surface area contributed by atoms with Crippen molar-refractivity contribution in [1.82, 2.24) is 20.1 Å². The van der Waals surface area contributed by atoms with Gasteiger partial charge in [0.1, 0.15) is 5.75 Å². The van der Waals surface area contributed by atoms with Crippen LogP contribution in [-0.2, 0) is 11.3 Å². The first-order valence-electron chi connectivity index (χ1n) is 11.0. The fraction of sp³-hybridized carbons (Fsp3) is 0.231. The number of carbonyl (C=O) groups excluding carboxylic acids is 2. The summed E-state index contributed by atoms with van der Waals surface area (Å²) in [7, 11) is 1.58. The van der Waals surface area contributed by atoms with E-state index in [1.54, 1.807) is 54.6 Å². The zero-order valence-corrected chi connectivity index (χ0v) is 20.7. The largest absolute Gasteiger partial charge is 0.495 e. The summed E-state index contributed by atoms with van der Waals surface area (Å²) in [5.41, 5.74) is 2.70. The molecule has 4 aromatic rings. The summed E-state index contributed by atoms with van der Waals surface area (Å²) in [4.78, 5) is 29.5. The first kappa shape index (κ1) is 24.2. The van der Waals surface area contributed by atoms with Crippen molar-refractivity contribution in [2.45, 2.75) is 27.3 Å². The second-order valence-electron chi connectivity index (χ2n) is 9.08. The summed E-state index contributed by atoms with van der Waals surface area (Å²) < 4.78 is 6.99. The lowest BCUT2D eigenvalue weighted by Gasteiger charge is -2.18.